The number of nitrogens with zero attached hydrogens (tertiary/aromatic N) is 2. The van der Waals surface area contributed by atoms with Gasteiger partial charge in [0.1, 0.15) is 5.75 Å². The van der Waals surface area contributed by atoms with Crippen LogP contribution in [0.4, 0.5) is 5.69 Å². The third kappa shape index (κ3) is 5.44. The predicted octanol–water partition coefficient (Wildman–Crippen LogP) is 4.65. The normalized spacial score (nSPS) is 16.1. The molecule has 35 heavy (non-hydrogen) atoms. The molecule has 0 radical (unpaired) electrons. The molecular formula is C24H24ClN3O5S2. The second kappa shape index (κ2) is 9.88. The van der Waals surface area contributed by atoms with E-state index >= 15 is 0 Å². The van der Waals surface area contributed by atoms with Crippen LogP contribution in [0.15, 0.2) is 82.8 Å². The highest BCUT2D eigenvalue weighted by Crippen LogP contribution is 2.38. The molecule has 0 saturated carbocycles. The molecular weight excluding hydrogens is 510 g/mol. The van der Waals surface area contributed by atoms with Crippen molar-refractivity contribution in [2.75, 3.05) is 17.6 Å². The maximum Gasteiger partial charge on any atom is 0.279 e. The lowest BCUT2D eigenvalue weighted by Crippen LogP contribution is -2.27. The van der Waals surface area contributed by atoms with Crippen molar-refractivity contribution >= 4 is 43.0 Å². The van der Waals surface area contributed by atoms with E-state index < -0.39 is 26.1 Å². The van der Waals surface area contributed by atoms with Gasteiger partial charge in [-0.2, -0.15) is 17.9 Å². The summed E-state index contributed by atoms with van der Waals surface area (Å²) in [7, 11) is -5.95. The number of nitrogens with one attached hydrogen (secondary N) is 1. The molecule has 8 nitrogen and oxygen atoms in total. The molecule has 4 rings (SSSR count). The Hall–Kier alpha value is -3.08. The van der Waals surface area contributed by atoms with Gasteiger partial charge in [0.2, 0.25) is 10.0 Å². The number of hydrogen-bond donors (Lipinski definition) is 1. The number of benzene rings is 3. The summed E-state index contributed by atoms with van der Waals surface area (Å²) >= 11 is 5.96. The molecule has 1 N–H and O–H groups in total. The van der Waals surface area contributed by atoms with E-state index in [9.17, 15) is 16.8 Å². The first kappa shape index (κ1) is 25.0. The van der Waals surface area contributed by atoms with Crippen LogP contribution in [0.2, 0.25) is 5.02 Å². The molecule has 0 unspecified atom stereocenters. The van der Waals surface area contributed by atoms with Crippen LogP contribution in [-0.4, -0.2) is 39.8 Å². The summed E-state index contributed by atoms with van der Waals surface area (Å²) in [6.07, 6.45) is 0.282. The van der Waals surface area contributed by atoms with Crippen molar-refractivity contribution in [2.45, 2.75) is 24.3 Å². The molecule has 1 atom stereocenters. The van der Waals surface area contributed by atoms with Crippen molar-refractivity contribution in [2.24, 2.45) is 5.10 Å². The first-order valence-electron chi connectivity index (χ1n) is 10.8. The van der Waals surface area contributed by atoms with Crippen molar-refractivity contribution in [1.29, 1.82) is 0 Å². The van der Waals surface area contributed by atoms with Crippen LogP contribution in [0, 0.1) is 0 Å². The summed E-state index contributed by atoms with van der Waals surface area (Å²) in [6.45, 7) is 1.55. The second-order valence-corrected chi connectivity index (χ2v) is 12.1. The fourth-order valence-corrected chi connectivity index (χ4v) is 5.90. The van der Waals surface area contributed by atoms with E-state index in [1.54, 1.807) is 56.5 Å². The summed E-state index contributed by atoms with van der Waals surface area (Å²) in [6, 6.07) is 19.2. The number of hydrazone groups is 1. The fourth-order valence-electron chi connectivity index (χ4n) is 3.71. The molecule has 1 aliphatic rings. The Labute approximate surface area is 210 Å². The molecule has 1 heterocycles. The Morgan fingerprint density at radius 2 is 1.74 bits per heavy atom. The molecule has 3 aromatic carbocycles. The highest BCUT2D eigenvalue weighted by atomic mass is 35.5. The Morgan fingerprint density at radius 3 is 2.43 bits per heavy atom. The van der Waals surface area contributed by atoms with E-state index in [0.29, 0.717) is 33.3 Å². The number of sulfonamides is 2. The molecule has 0 spiro atoms. The summed E-state index contributed by atoms with van der Waals surface area (Å²) in [5, 5.41) is 4.93. The fraction of sp³-hybridized carbons (Fsp3) is 0.208. The first-order chi connectivity index (χ1) is 16.6. The van der Waals surface area contributed by atoms with E-state index in [4.69, 9.17) is 16.3 Å². The highest BCUT2D eigenvalue weighted by molar-refractivity contribution is 7.92. The van der Waals surface area contributed by atoms with Gasteiger partial charge in [0.25, 0.3) is 10.0 Å². The van der Waals surface area contributed by atoms with E-state index in [1.165, 1.54) is 24.3 Å². The third-order valence-electron chi connectivity index (χ3n) is 5.56. The Kier molecular flexibility index (Phi) is 7.07. The molecule has 0 saturated heterocycles. The van der Waals surface area contributed by atoms with Crippen LogP contribution in [0.5, 0.6) is 5.75 Å². The number of rotatable bonds is 8. The Bertz CT molecular complexity index is 1470. The van der Waals surface area contributed by atoms with E-state index in [1.807, 2.05) is 6.07 Å². The Morgan fingerprint density at radius 1 is 1.03 bits per heavy atom. The lowest BCUT2D eigenvalue weighted by Gasteiger charge is -2.23. The van der Waals surface area contributed by atoms with Gasteiger partial charge in [-0.05, 0) is 66.6 Å². The molecule has 0 amide bonds. The monoisotopic (exact) mass is 533 g/mol. The number of hydrogen-bond acceptors (Lipinski definition) is 6. The minimum Gasteiger partial charge on any atom is -0.497 e. The van der Waals surface area contributed by atoms with E-state index in [-0.39, 0.29) is 17.1 Å². The standard InChI is InChI=1S/C24H24ClN3O5S2/c1-3-34(29,30)27-20-8-4-6-17(14-20)23-16-24(18-7-5-9-21(15-18)33-2)28(26-23)35(31,32)22-12-10-19(25)11-13-22/h4-15,24,27H,3,16H2,1-2H3/t24-/m0/s1. The van der Waals surface area contributed by atoms with Gasteiger partial charge < -0.3 is 4.74 Å². The van der Waals surface area contributed by atoms with E-state index in [2.05, 4.69) is 9.82 Å². The van der Waals surface area contributed by atoms with Crippen LogP contribution in [0.1, 0.15) is 30.5 Å². The lowest BCUT2D eigenvalue weighted by atomic mass is 9.99. The van der Waals surface area contributed by atoms with Crippen LogP contribution in [0.25, 0.3) is 0 Å². The van der Waals surface area contributed by atoms with Gasteiger partial charge >= 0.3 is 0 Å². The maximum absolute atomic E-state index is 13.6. The molecule has 11 heteroatoms. The summed E-state index contributed by atoms with van der Waals surface area (Å²) in [5.41, 5.74) is 2.21. The molecule has 0 aromatic heterocycles. The number of halogens is 1. The minimum atomic E-state index is -4.02. The Balaban J connectivity index is 1.78. The largest absolute Gasteiger partial charge is 0.497 e. The van der Waals surface area contributed by atoms with Crippen LogP contribution in [0.3, 0.4) is 0 Å². The molecule has 1 aliphatic heterocycles. The minimum absolute atomic E-state index is 0.0595. The topological polar surface area (TPSA) is 105 Å². The van der Waals surface area contributed by atoms with Gasteiger partial charge in [-0.3, -0.25) is 4.72 Å². The third-order valence-corrected chi connectivity index (χ3v) is 8.81. The van der Waals surface area contributed by atoms with Crippen LogP contribution >= 0.6 is 11.6 Å². The van der Waals surface area contributed by atoms with Gasteiger partial charge in [-0.15, -0.1) is 0 Å². The lowest BCUT2D eigenvalue weighted by molar-refractivity contribution is 0.368. The molecule has 184 valence electrons. The van der Waals surface area contributed by atoms with Crippen LogP contribution < -0.4 is 9.46 Å². The van der Waals surface area contributed by atoms with Crippen molar-refractivity contribution in [3.8, 4) is 5.75 Å². The van der Waals surface area contributed by atoms with Gasteiger partial charge in [0.15, 0.2) is 0 Å². The highest BCUT2D eigenvalue weighted by Gasteiger charge is 2.38. The van der Waals surface area contributed by atoms with Gasteiger partial charge in [-0.25, -0.2) is 8.42 Å². The van der Waals surface area contributed by atoms with Gasteiger partial charge in [-0.1, -0.05) is 35.9 Å². The van der Waals surface area contributed by atoms with Crippen LogP contribution in [-0.2, 0) is 20.0 Å². The number of ether oxygens (including phenoxy) is 1. The van der Waals surface area contributed by atoms with Crippen molar-refractivity contribution < 1.29 is 21.6 Å². The quantitative estimate of drug-likeness (QED) is 0.453. The first-order valence-corrected chi connectivity index (χ1v) is 14.2. The smallest absolute Gasteiger partial charge is 0.279 e. The van der Waals surface area contributed by atoms with E-state index in [0.717, 1.165) is 4.41 Å². The summed E-state index contributed by atoms with van der Waals surface area (Å²) < 4.78 is 60.2. The molecule has 0 aliphatic carbocycles. The maximum atomic E-state index is 13.6. The SMILES string of the molecule is CCS(=O)(=O)Nc1cccc(C2=NN(S(=O)(=O)c3ccc(Cl)cc3)[C@H](c3cccc(OC)c3)C2)c1. The van der Waals surface area contributed by atoms with Crippen molar-refractivity contribution in [1.82, 2.24) is 4.41 Å². The van der Waals surface area contributed by atoms with Gasteiger partial charge in [0.05, 0.1) is 29.5 Å². The number of methoxy groups -OCH3 is 1. The van der Waals surface area contributed by atoms with Crippen molar-refractivity contribution in [3.63, 3.8) is 0 Å². The summed E-state index contributed by atoms with van der Waals surface area (Å²) in [5.74, 6) is 0.527. The molecule has 3 aromatic rings. The zero-order valence-electron chi connectivity index (χ0n) is 19.0. The average Bonchev–Trinajstić information content (AvgIpc) is 3.31. The molecule has 0 fully saturated rings. The predicted molar refractivity (Wildman–Crippen MR) is 137 cm³/mol. The average molecular weight is 534 g/mol. The zero-order valence-corrected chi connectivity index (χ0v) is 21.4. The zero-order chi connectivity index (χ0) is 25.2. The number of anilines is 1. The molecule has 0 bridgehead atoms. The van der Waals surface area contributed by atoms with Crippen molar-refractivity contribution in [3.05, 3.63) is 88.9 Å². The summed E-state index contributed by atoms with van der Waals surface area (Å²) in [4.78, 5) is 0.0595. The second-order valence-electron chi connectivity index (χ2n) is 7.86. The van der Waals surface area contributed by atoms with Gasteiger partial charge in [0, 0.05) is 17.1 Å².